The molecule has 0 aliphatic heterocycles. The van der Waals surface area contributed by atoms with Gasteiger partial charge in [-0.3, -0.25) is 4.79 Å². The summed E-state index contributed by atoms with van der Waals surface area (Å²) in [6.45, 7) is 4.14. The molecule has 0 aromatic heterocycles. The fourth-order valence-electron chi connectivity index (χ4n) is 2.27. The van der Waals surface area contributed by atoms with Gasteiger partial charge in [0.2, 0.25) is 15.9 Å². The van der Waals surface area contributed by atoms with Crippen molar-refractivity contribution in [2.24, 2.45) is 0 Å². The highest BCUT2D eigenvalue weighted by Crippen LogP contribution is 2.18. The van der Waals surface area contributed by atoms with Crippen molar-refractivity contribution in [3.8, 4) is 0 Å². The van der Waals surface area contributed by atoms with Crippen LogP contribution in [-0.2, 0) is 14.8 Å². The van der Waals surface area contributed by atoms with E-state index in [-0.39, 0.29) is 23.8 Å². The highest BCUT2D eigenvalue weighted by molar-refractivity contribution is 7.89. The number of hydrogen-bond acceptors (Lipinski definition) is 4. The lowest BCUT2D eigenvalue weighted by Gasteiger charge is -2.08. The molecule has 0 atom stereocenters. The standard InChI is InChI=1S/C17H23N3O3S/c1-2-18-11-12-19-17(21)9-10-20-24(22,23)16-8-7-14-5-3-4-6-15(14)13-16/h3-8,13,18,20H,2,9-12H2,1H3,(H,19,21). The van der Waals surface area contributed by atoms with Crippen LogP contribution >= 0.6 is 0 Å². The molecule has 0 saturated carbocycles. The Morgan fingerprint density at radius 3 is 2.50 bits per heavy atom. The molecule has 2 aromatic carbocycles. The van der Waals surface area contributed by atoms with E-state index in [0.29, 0.717) is 13.1 Å². The second kappa shape index (κ2) is 8.77. The summed E-state index contributed by atoms with van der Waals surface area (Å²) in [7, 11) is -3.62. The Balaban J connectivity index is 1.87. The summed E-state index contributed by atoms with van der Waals surface area (Å²) in [6.07, 6.45) is 0.110. The molecule has 0 aliphatic rings. The first-order chi connectivity index (χ1) is 11.5. The summed E-state index contributed by atoms with van der Waals surface area (Å²) < 4.78 is 27.1. The third-order valence-corrected chi connectivity index (χ3v) is 5.01. The minimum atomic E-state index is -3.62. The molecule has 0 fully saturated rings. The summed E-state index contributed by atoms with van der Waals surface area (Å²) in [6, 6.07) is 12.5. The number of sulfonamides is 1. The maximum absolute atomic E-state index is 12.3. The quantitative estimate of drug-likeness (QED) is 0.594. The van der Waals surface area contributed by atoms with Gasteiger partial charge in [-0.1, -0.05) is 37.3 Å². The summed E-state index contributed by atoms with van der Waals surface area (Å²) in [5, 5.41) is 7.67. The molecule has 0 bridgehead atoms. The average Bonchev–Trinajstić information content (AvgIpc) is 2.58. The Bertz CT molecular complexity index is 791. The number of carbonyl (C=O) groups is 1. The van der Waals surface area contributed by atoms with Crippen LogP contribution in [0.5, 0.6) is 0 Å². The van der Waals surface area contributed by atoms with Crippen LogP contribution < -0.4 is 15.4 Å². The van der Waals surface area contributed by atoms with Crippen molar-refractivity contribution in [1.82, 2.24) is 15.4 Å². The largest absolute Gasteiger partial charge is 0.355 e. The molecule has 2 rings (SSSR count). The zero-order valence-electron chi connectivity index (χ0n) is 13.7. The predicted molar refractivity (Wildman–Crippen MR) is 95.3 cm³/mol. The van der Waals surface area contributed by atoms with Gasteiger partial charge in [0, 0.05) is 26.1 Å². The third kappa shape index (κ3) is 5.30. The number of benzene rings is 2. The second-order valence-electron chi connectivity index (χ2n) is 5.36. The van der Waals surface area contributed by atoms with Crippen molar-refractivity contribution >= 4 is 26.7 Å². The van der Waals surface area contributed by atoms with Crippen LogP contribution in [0.4, 0.5) is 0 Å². The monoisotopic (exact) mass is 349 g/mol. The molecule has 0 heterocycles. The zero-order chi connectivity index (χ0) is 17.4. The average molecular weight is 349 g/mol. The Kier molecular flexibility index (Phi) is 6.72. The molecular weight excluding hydrogens is 326 g/mol. The van der Waals surface area contributed by atoms with Gasteiger partial charge < -0.3 is 10.6 Å². The number of fused-ring (bicyclic) bond motifs is 1. The van der Waals surface area contributed by atoms with Crippen molar-refractivity contribution < 1.29 is 13.2 Å². The van der Waals surface area contributed by atoms with Crippen LogP contribution in [-0.4, -0.2) is 40.5 Å². The molecule has 6 nitrogen and oxygen atoms in total. The number of hydrogen-bond donors (Lipinski definition) is 3. The zero-order valence-corrected chi connectivity index (χ0v) is 14.5. The van der Waals surface area contributed by atoms with E-state index in [1.54, 1.807) is 18.2 Å². The van der Waals surface area contributed by atoms with Gasteiger partial charge in [-0.2, -0.15) is 0 Å². The molecule has 2 aromatic rings. The molecule has 0 spiro atoms. The van der Waals surface area contributed by atoms with Crippen LogP contribution in [0.25, 0.3) is 10.8 Å². The van der Waals surface area contributed by atoms with E-state index in [1.807, 2.05) is 31.2 Å². The Hall–Kier alpha value is -1.96. The van der Waals surface area contributed by atoms with Gasteiger partial charge in [0.15, 0.2) is 0 Å². The maximum atomic E-state index is 12.3. The van der Waals surface area contributed by atoms with Gasteiger partial charge in [0.05, 0.1) is 4.90 Å². The van der Waals surface area contributed by atoms with E-state index < -0.39 is 10.0 Å². The topological polar surface area (TPSA) is 87.3 Å². The molecule has 0 unspecified atom stereocenters. The van der Waals surface area contributed by atoms with E-state index in [2.05, 4.69) is 15.4 Å². The lowest BCUT2D eigenvalue weighted by Crippen LogP contribution is -2.34. The Labute approximate surface area is 142 Å². The molecule has 3 N–H and O–H groups in total. The molecular formula is C17H23N3O3S. The van der Waals surface area contributed by atoms with Gasteiger partial charge in [-0.05, 0) is 29.4 Å². The summed E-state index contributed by atoms with van der Waals surface area (Å²) >= 11 is 0. The second-order valence-corrected chi connectivity index (χ2v) is 7.13. The number of rotatable bonds is 9. The minimum Gasteiger partial charge on any atom is -0.355 e. The van der Waals surface area contributed by atoms with E-state index in [9.17, 15) is 13.2 Å². The number of carbonyl (C=O) groups excluding carboxylic acids is 1. The fraction of sp³-hybridized carbons (Fsp3) is 0.353. The van der Waals surface area contributed by atoms with Crippen LogP contribution in [0.1, 0.15) is 13.3 Å². The highest BCUT2D eigenvalue weighted by atomic mass is 32.2. The first-order valence-corrected chi connectivity index (χ1v) is 9.47. The molecule has 1 amide bonds. The van der Waals surface area contributed by atoms with E-state index in [1.165, 1.54) is 0 Å². The van der Waals surface area contributed by atoms with Crippen molar-refractivity contribution in [3.05, 3.63) is 42.5 Å². The first-order valence-electron chi connectivity index (χ1n) is 7.99. The molecule has 24 heavy (non-hydrogen) atoms. The van der Waals surface area contributed by atoms with Gasteiger partial charge in [0.25, 0.3) is 0 Å². The minimum absolute atomic E-state index is 0.0716. The third-order valence-electron chi connectivity index (χ3n) is 3.55. The molecule has 130 valence electrons. The Morgan fingerprint density at radius 1 is 1.00 bits per heavy atom. The normalized spacial score (nSPS) is 11.5. The van der Waals surface area contributed by atoms with Crippen LogP contribution in [0.2, 0.25) is 0 Å². The van der Waals surface area contributed by atoms with Crippen LogP contribution in [0.3, 0.4) is 0 Å². The summed E-state index contributed by atoms with van der Waals surface area (Å²) in [4.78, 5) is 11.8. The van der Waals surface area contributed by atoms with Crippen molar-refractivity contribution in [2.45, 2.75) is 18.2 Å². The SMILES string of the molecule is CCNCCNC(=O)CCNS(=O)(=O)c1ccc2ccccc2c1. The maximum Gasteiger partial charge on any atom is 0.240 e. The lowest BCUT2D eigenvalue weighted by atomic mass is 10.1. The summed E-state index contributed by atoms with van der Waals surface area (Å²) in [5.74, 6) is -0.172. The molecule has 0 radical (unpaired) electrons. The number of amides is 1. The van der Waals surface area contributed by atoms with Crippen molar-refractivity contribution in [2.75, 3.05) is 26.2 Å². The lowest BCUT2D eigenvalue weighted by molar-refractivity contribution is -0.120. The molecule has 0 aliphatic carbocycles. The molecule has 7 heteroatoms. The predicted octanol–water partition coefficient (Wildman–Crippen LogP) is 1.23. The van der Waals surface area contributed by atoms with E-state index in [4.69, 9.17) is 0 Å². The fourth-order valence-corrected chi connectivity index (χ4v) is 3.34. The van der Waals surface area contributed by atoms with Gasteiger partial charge in [-0.25, -0.2) is 13.1 Å². The Morgan fingerprint density at radius 2 is 1.75 bits per heavy atom. The van der Waals surface area contributed by atoms with E-state index in [0.717, 1.165) is 17.3 Å². The van der Waals surface area contributed by atoms with Gasteiger partial charge in [0.1, 0.15) is 0 Å². The highest BCUT2D eigenvalue weighted by Gasteiger charge is 2.14. The van der Waals surface area contributed by atoms with Gasteiger partial charge >= 0.3 is 0 Å². The first kappa shape index (κ1) is 18.4. The molecule has 0 saturated heterocycles. The summed E-state index contributed by atoms with van der Waals surface area (Å²) in [5.41, 5.74) is 0. The van der Waals surface area contributed by atoms with Gasteiger partial charge in [-0.15, -0.1) is 0 Å². The number of nitrogens with one attached hydrogen (secondary N) is 3. The smallest absolute Gasteiger partial charge is 0.240 e. The number of likely N-dealkylation sites (N-methyl/N-ethyl adjacent to an activating group) is 1. The van der Waals surface area contributed by atoms with E-state index >= 15 is 0 Å². The van der Waals surface area contributed by atoms with Crippen LogP contribution in [0.15, 0.2) is 47.4 Å². The van der Waals surface area contributed by atoms with Crippen molar-refractivity contribution in [3.63, 3.8) is 0 Å². The van der Waals surface area contributed by atoms with Crippen LogP contribution in [0, 0.1) is 0 Å². The van der Waals surface area contributed by atoms with Crippen molar-refractivity contribution in [1.29, 1.82) is 0 Å².